The molecule has 2 atom stereocenters. The van der Waals surface area contributed by atoms with Gasteiger partial charge in [0.15, 0.2) is 11.5 Å². The second kappa shape index (κ2) is 6.89. The summed E-state index contributed by atoms with van der Waals surface area (Å²) in [5.41, 5.74) is 0. The van der Waals surface area contributed by atoms with Crippen LogP contribution in [0.1, 0.15) is 32.6 Å². The third kappa shape index (κ3) is 3.46. The van der Waals surface area contributed by atoms with Crippen LogP contribution in [0.2, 0.25) is 0 Å². The summed E-state index contributed by atoms with van der Waals surface area (Å²) in [6.07, 6.45) is 4.86. The third-order valence-corrected chi connectivity index (χ3v) is 4.94. The molecular formula is C17H24ClNO2. The van der Waals surface area contributed by atoms with E-state index in [4.69, 9.17) is 21.1 Å². The number of para-hydroxylation sites is 2. The van der Waals surface area contributed by atoms with Crippen LogP contribution in [0.5, 0.6) is 11.5 Å². The van der Waals surface area contributed by atoms with Gasteiger partial charge in [-0.3, -0.25) is 4.90 Å². The molecule has 2 saturated heterocycles. The van der Waals surface area contributed by atoms with E-state index in [-0.39, 0.29) is 0 Å². The van der Waals surface area contributed by atoms with Gasteiger partial charge in [0, 0.05) is 24.0 Å². The molecule has 1 aromatic carbocycles. The molecule has 0 radical (unpaired) electrons. The molecule has 2 unspecified atom stereocenters. The minimum atomic E-state index is 0.373. The zero-order chi connectivity index (χ0) is 14.7. The van der Waals surface area contributed by atoms with Crippen molar-refractivity contribution >= 4 is 11.6 Å². The van der Waals surface area contributed by atoms with Gasteiger partial charge in [0.05, 0.1) is 6.61 Å². The molecule has 0 saturated carbocycles. The predicted octanol–water partition coefficient (Wildman–Crippen LogP) is 3.70. The topological polar surface area (TPSA) is 21.7 Å². The summed E-state index contributed by atoms with van der Waals surface area (Å²) < 4.78 is 11.5. The van der Waals surface area contributed by atoms with E-state index in [9.17, 15) is 0 Å². The molecule has 0 amide bonds. The predicted molar refractivity (Wildman–Crippen MR) is 85.5 cm³/mol. The molecule has 0 aromatic heterocycles. The first-order valence-corrected chi connectivity index (χ1v) is 8.46. The number of alkyl halides is 1. The van der Waals surface area contributed by atoms with Crippen molar-refractivity contribution < 1.29 is 9.47 Å². The Labute approximate surface area is 132 Å². The van der Waals surface area contributed by atoms with E-state index in [1.165, 1.54) is 12.8 Å². The largest absolute Gasteiger partial charge is 0.490 e. The lowest BCUT2D eigenvalue weighted by Crippen LogP contribution is -2.45. The van der Waals surface area contributed by atoms with Crippen LogP contribution in [-0.4, -0.2) is 42.1 Å². The summed E-state index contributed by atoms with van der Waals surface area (Å²) in [5, 5.41) is 0.373. The van der Waals surface area contributed by atoms with Crippen LogP contribution in [0.4, 0.5) is 0 Å². The number of nitrogens with zero attached hydrogens (tertiary/aromatic N) is 1. The van der Waals surface area contributed by atoms with E-state index in [2.05, 4.69) is 4.90 Å². The molecule has 1 aromatic rings. The van der Waals surface area contributed by atoms with Gasteiger partial charge in [-0.2, -0.15) is 0 Å². The van der Waals surface area contributed by atoms with Crippen molar-refractivity contribution in [3.63, 3.8) is 0 Å². The Bertz CT molecular complexity index is 454. The summed E-state index contributed by atoms with van der Waals surface area (Å²) >= 11 is 6.32. The highest BCUT2D eigenvalue weighted by Crippen LogP contribution is 2.37. The van der Waals surface area contributed by atoms with E-state index in [0.29, 0.717) is 30.7 Å². The maximum Gasteiger partial charge on any atom is 0.161 e. The molecule has 116 valence electrons. The van der Waals surface area contributed by atoms with Gasteiger partial charge < -0.3 is 9.47 Å². The molecule has 2 heterocycles. The van der Waals surface area contributed by atoms with E-state index in [1.807, 2.05) is 31.2 Å². The van der Waals surface area contributed by atoms with E-state index >= 15 is 0 Å². The summed E-state index contributed by atoms with van der Waals surface area (Å²) in [6, 6.07) is 9.23. The lowest BCUT2D eigenvalue weighted by atomic mass is 10.0. The minimum absolute atomic E-state index is 0.373. The molecule has 3 nitrogen and oxygen atoms in total. The molecule has 4 heteroatoms. The van der Waals surface area contributed by atoms with Crippen molar-refractivity contribution in [2.75, 3.05) is 19.8 Å². The third-order valence-electron chi connectivity index (χ3n) is 4.58. The number of piperidine rings is 1. The molecule has 3 rings (SSSR count). The Kier molecular flexibility index (Phi) is 4.91. The van der Waals surface area contributed by atoms with Crippen LogP contribution in [0, 0.1) is 0 Å². The summed E-state index contributed by atoms with van der Waals surface area (Å²) in [7, 11) is 0. The smallest absolute Gasteiger partial charge is 0.161 e. The first kappa shape index (κ1) is 15.0. The van der Waals surface area contributed by atoms with Gasteiger partial charge in [0.25, 0.3) is 0 Å². The van der Waals surface area contributed by atoms with E-state index in [0.717, 1.165) is 30.9 Å². The van der Waals surface area contributed by atoms with Gasteiger partial charge in [-0.05, 0) is 44.7 Å². The second-order valence-corrected chi connectivity index (χ2v) is 6.54. The molecule has 2 fully saturated rings. The van der Waals surface area contributed by atoms with Gasteiger partial charge in [0.1, 0.15) is 6.61 Å². The number of fused-ring (bicyclic) bond motifs is 2. The monoisotopic (exact) mass is 309 g/mol. The number of benzene rings is 1. The Morgan fingerprint density at radius 3 is 2.33 bits per heavy atom. The van der Waals surface area contributed by atoms with Crippen molar-refractivity contribution in [3.8, 4) is 11.5 Å². The fourth-order valence-electron chi connectivity index (χ4n) is 3.68. The van der Waals surface area contributed by atoms with Crippen molar-refractivity contribution in [2.24, 2.45) is 0 Å². The number of hydrogen-bond acceptors (Lipinski definition) is 3. The average molecular weight is 310 g/mol. The number of hydrogen-bond donors (Lipinski definition) is 0. The fraction of sp³-hybridized carbons (Fsp3) is 0.647. The van der Waals surface area contributed by atoms with E-state index < -0.39 is 0 Å². The molecule has 0 N–H and O–H groups in total. The Morgan fingerprint density at radius 2 is 1.71 bits per heavy atom. The van der Waals surface area contributed by atoms with Crippen LogP contribution in [0.25, 0.3) is 0 Å². The Balaban J connectivity index is 1.53. The van der Waals surface area contributed by atoms with Crippen LogP contribution in [-0.2, 0) is 0 Å². The van der Waals surface area contributed by atoms with Crippen LogP contribution < -0.4 is 9.47 Å². The normalized spacial score (nSPS) is 28.6. The van der Waals surface area contributed by atoms with E-state index in [1.54, 1.807) is 0 Å². The van der Waals surface area contributed by atoms with Gasteiger partial charge in [-0.15, -0.1) is 11.6 Å². The lowest BCUT2D eigenvalue weighted by Gasteiger charge is -2.36. The molecule has 0 spiro atoms. The number of ether oxygens (including phenoxy) is 2. The summed E-state index contributed by atoms with van der Waals surface area (Å²) in [6.45, 7) is 4.35. The number of rotatable bonds is 6. The average Bonchev–Trinajstić information content (AvgIpc) is 2.72. The first-order valence-electron chi connectivity index (χ1n) is 8.02. The number of halogens is 1. The molecule has 2 bridgehead atoms. The van der Waals surface area contributed by atoms with Gasteiger partial charge in [-0.25, -0.2) is 0 Å². The maximum absolute atomic E-state index is 6.32. The fourth-order valence-corrected chi connectivity index (χ4v) is 4.09. The van der Waals surface area contributed by atoms with Gasteiger partial charge in [-0.1, -0.05) is 12.1 Å². The molecule has 2 aliphatic rings. The van der Waals surface area contributed by atoms with Crippen LogP contribution in [0.15, 0.2) is 24.3 Å². The quantitative estimate of drug-likeness (QED) is 0.748. The first-order chi connectivity index (χ1) is 10.3. The van der Waals surface area contributed by atoms with Crippen molar-refractivity contribution in [1.82, 2.24) is 4.90 Å². The van der Waals surface area contributed by atoms with Gasteiger partial charge in [0.2, 0.25) is 0 Å². The van der Waals surface area contributed by atoms with Crippen molar-refractivity contribution in [3.05, 3.63) is 24.3 Å². The highest BCUT2D eigenvalue weighted by molar-refractivity contribution is 6.20. The molecule has 21 heavy (non-hydrogen) atoms. The highest BCUT2D eigenvalue weighted by Gasteiger charge is 2.39. The molecular weight excluding hydrogens is 286 g/mol. The minimum Gasteiger partial charge on any atom is -0.490 e. The molecule has 0 aliphatic carbocycles. The summed E-state index contributed by atoms with van der Waals surface area (Å²) in [4.78, 5) is 2.60. The summed E-state index contributed by atoms with van der Waals surface area (Å²) in [5.74, 6) is 1.68. The zero-order valence-corrected chi connectivity index (χ0v) is 13.4. The van der Waals surface area contributed by atoms with Crippen LogP contribution >= 0.6 is 11.6 Å². The SMILES string of the molecule is CCOc1ccccc1OCCN1C2CCC1CC(Cl)C2. The Morgan fingerprint density at radius 1 is 1.10 bits per heavy atom. The van der Waals surface area contributed by atoms with Crippen molar-refractivity contribution in [2.45, 2.75) is 50.1 Å². The Hall–Kier alpha value is -0.930. The van der Waals surface area contributed by atoms with Gasteiger partial charge >= 0.3 is 0 Å². The second-order valence-electron chi connectivity index (χ2n) is 5.92. The van der Waals surface area contributed by atoms with Crippen LogP contribution in [0.3, 0.4) is 0 Å². The lowest BCUT2D eigenvalue weighted by molar-refractivity contribution is 0.117. The standard InChI is InChI=1S/C17H24ClNO2/c1-2-20-16-5-3-4-6-17(16)21-10-9-19-14-7-8-15(19)12-13(18)11-14/h3-6,13-15H,2,7-12H2,1H3. The zero-order valence-electron chi connectivity index (χ0n) is 12.6. The molecule has 2 aliphatic heterocycles. The highest BCUT2D eigenvalue weighted by atomic mass is 35.5. The maximum atomic E-state index is 6.32. The van der Waals surface area contributed by atoms with Crippen molar-refractivity contribution in [1.29, 1.82) is 0 Å².